The molecule has 0 aliphatic rings. The van der Waals surface area contributed by atoms with Gasteiger partial charge in [-0.25, -0.2) is 9.18 Å². The van der Waals surface area contributed by atoms with E-state index in [1.807, 2.05) is 42.5 Å². The maximum Gasteiger partial charge on any atom is 0.328 e. The van der Waals surface area contributed by atoms with E-state index in [2.05, 4.69) is 5.32 Å². The number of fused-ring (bicyclic) bond motifs is 1. The van der Waals surface area contributed by atoms with Crippen LogP contribution in [0.25, 0.3) is 10.8 Å². The summed E-state index contributed by atoms with van der Waals surface area (Å²) in [6.07, 6.45) is 0.291. The number of hydrogen-bond acceptors (Lipinski definition) is 4. The summed E-state index contributed by atoms with van der Waals surface area (Å²) in [4.78, 5) is 25.2. The summed E-state index contributed by atoms with van der Waals surface area (Å²) in [7, 11) is 0. The van der Waals surface area contributed by atoms with Gasteiger partial charge < -0.3 is 14.8 Å². The maximum atomic E-state index is 13.8. The molecule has 4 rings (SSSR count). The number of benzene rings is 4. The normalized spacial score (nSPS) is 11.6. The Bertz CT molecular complexity index is 1320. The van der Waals surface area contributed by atoms with Crippen LogP contribution in [0.4, 0.5) is 4.39 Å². The van der Waals surface area contributed by atoms with E-state index >= 15 is 0 Å². The predicted molar refractivity (Wildman–Crippen MR) is 133 cm³/mol. The fourth-order valence-electron chi connectivity index (χ4n) is 3.77. The Morgan fingerprint density at radius 2 is 1.60 bits per heavy atom. The fourth-order valence-corrected chi connectivity index (χ4v) is 3.77. The van der Waals surface area contributed by atoms with Crippen molar-refractivity contribution in [1.29, 1.82) is 0 Å². The van der Waals surface area contributed by atoms with Gasteiger partial charge in [0.25, 0.3) is 5.91 Å². The molecule has 0 aliphatic carbocycles. The van der Waals surface area contributed by atoms with E-state index in [1.165, 1.54) is 6.07 Å². The minimum absolute atomic E-state index is 0.137. The summed E-state index contributed by atoms with van der Waals surface area (Å²) in [5.74, 6) is -0.476. The van der Waals surface area contributed by atoms with Crippen LogP contribution in [0.5, 0.6) is 5.75 Å². The number of carbonyl (C=O) groups excluding carboxylic acids is 2. The van der Waals surface area contributed by atoms with Crippen molar-refractivity contribution in [2.45, 2.75) is 26.0 Å². The number of nitrogens with one attached hydrogen (secondary N) is 1. The van der Waals surface area contributed by atoms with E-state index in [-0.39, 0.29) is 24.9 Å². The summed E-state index contributed by atoms with van der Waals surface area (Å²) in [5, 5.41) is 4.70. The van der Waals surface area contributed by atoms with Gasteiger partial charge in [-0.3, -0.25) is 4.79 Å². The topological polar surface area (TPSA) is 64.6 Å². The van der Waals surface area contributed by atoms with Crippen LogP contribution in [0.1, 0.15) is 28.4 Å². The molecule has 178 valence electrons. The van der Waals surface area contributed by atoms with Gasteiger partial charge in [0.05, 0.1) is 6.61 Å². The highest BCUT2D eigenvalue weighted by Crippen LogP contribution is 2.24. The number of hydrogen-bond donors (Lipinski definition) is 1. The van der Waals surface area contributed by atoms with E-state index in [0.717, 1.165) is 16.3 Å². The molecule has 1 N–H and O–H groups in total. The van der Waals surface area contributed by atoms with Gasteiger partial charge in [-0.05, 0) is 53.6 Å². The minimum atomic E-state index is -0.816. The molecule has 6 heteroatoms. The zero-order chi connectivity index (χ0) is 24.6. The Kier molecular flexibility index (Phi) is 7.73. The van der Waals surface area contributed by atoms with E-state index < -0.39 is 12.0 Å². The molecule has 0 spiro atoms. The monoisotopic (exact) mass is 471 g/mol. The third kappa shape index (κ3) is 6.23. The van der Waals surface area contributed by atoms with Crippen LogP contribution in [-0.4, -0.2) is 24.5 Å². The van der Waals surface area contributed by atoms with Crippen molar-refractivity contribution in [3.8, 4) is 5.75 Å². The second kappa shape index (κ2) is 11.3. The number of halogens is 1. The van der Waals surface area contributed by atoms with Gasteiger partial charge in [-0.15, -0.1) is 0 Å². The largest absolute Gasteiger partial charge is 0.489 e. The van der Waals surface area contributed by atoms with Crippen LogP contribution in [0.15, 0.2) is 91.0 Å². The Hall–Kier alpha value is -4.19. The van der Waals surface area contributed by atoms with E-state index in [4.69, 9.17) is 9.47 Å². The highest BCUT2D eigenvalue weighted by Gasteiger charge is 2.23. The van der Waals surface area contributed by atoms with Crippen molar-refractivity contribution in [1.82, 2.24) is 5.32 Å². The van der Waals surface area contributed by atoms with Crippen LogP contribution >= 0.6 is 0 Å². The van der Waals surface area contributed by atoms with Crippen LogP contribution in [0.2, 0.25) is 0 Å². The molecule has 0 saturated heterocycles. The molecular formula is C29H26FNO4. The van der Waals surface area contributed by atoms with E-state index in [1.54, 1.807) is 49.4 Å². The lowest BCUT2D eigenvalue weighted by atomic mass is 10.0. The number of rotatable bonds is 9. The van der Waals surface area contributed by atoms with Gasteiger partial charge in [-0.1, -0.05) is 60.7 Å². The minimum Gasteiger partial charge on any atom is -0.489 e. The van der Waals surface area contributed by atoms with E-state index in [0.29, 0.717) is 23.3 Å². The quantitative estimate of drug-likeness (QED) is 0.329. The molecular weight excluding hydrogens is 445 g/mol. The third-order valence-corrected chi connectivity index (χ3v) is 5.58. The molecule has 0 aromatic heterocycles. The Labute approximate surface area is 203 Å². The average molecular weight is 472 g/mol. The molecule has 0 bridgehead atoms. The first-order valence-electron chi connectivity index (χ1n) is 11.4. The SMILES string of the molecule is CCOC(=O)C(Cc1ccc2cc(OCc3ccccc3F)ccc2c1)NC(=O)c1ccccc1. The van der Waals surface area contributed by atoms with Crippen LogP contribution in [0, 0.1) is 5.82 Å². The van der Waals surface area contributed by atoms with Crippen LogP contribution < -0.4 is 10.1 Å². The van der Waals surface area contributed by atoms with Gasteiger partial charge in [0.1, 0.15) is 24.2 Å². The molecule has 1 unspecified atom stereocenters. The van der Waals surface area contributed by atoms with Crippen LogP contribution in [0.3, 0.4) is 0 Å². The Morgan fingerprint density at radius 1 is 0.886 bits per heavy atom. The van der Waals surface area contributed by atoms with Crippen molar-refractivity contribution in [2.75, 3.05) is 6.61 Å². The molecule has 0 fully saturated rings. The second-order valence-electron chi connectivity index (χ2n) is 8.07. The molecule has 5 nitrogen and oxygen atoms in total. The van der Waals surface area contributed by atoms with Crippen molar-refractivity contribution in [3.05, 3.63) is 114 Å². The Balaban J connectivity index is 1.48. The predicted octanol–water partition coefficient (Wildman–Crippen LogP) is 5.46. The summed E-state index contributed by atoms with van der Waals surface area (Å²) in [6.45, 7) is 2.10. The summed E-state index contributed by atoms with van der Waals surface area (Å²) in [5.41, 5.74) is 1.85. The van der Waals surface area contributed by atoms with Crippen molar-refractivity contribution in [3.63, 3.8) is 0 Å². The highest BCUT2D eigenvalue weighted by atomic mass is 19.1. The number of ether oxygens (including phenoxy) is 2. The highest BCUT2D eigenvalue weighted by molar-refractivity contribution is 5.96. The molecule has 4 aromatic rings. The van der Waals surface area contributed by atoms with Gasteiger partial charge in [-0.2, -0.15) is 0 Å². The lowest BCUT2D eigenvalue weighted by Gasteiger charge is -2.18. The molecule has 0 radical (unpaired) electrons. The Morgan fingerprint density at radius 3 is 2.37 bits per heavy atom. The van der Waals surface area contributed by atoms with E-state index in [9.17, 15) is 14.0 Å². The van der Waals surface area contributed by atoms with Gasteiger partial charge in [0, 0.05) is 17.5 Å². The molecule has 4 aromatic carbocycles. The first kappa shape index (κ1) is 24.0. The summed E-state index contributed by atoms with van der Waals surface area (Å²) >= 11 is 0. The number of esters is 1. The molecule has 1 amide bonds. The van der Waals surface area contributed by atoms with Crippen molar-refractivity contribution >= 4 is 22.6 Å². The van der Waals surface area contributed by atoms with Gasteiger partial charge in [0.2, 0.25) is 0 Å². The second-order valence-corrected chi connectivity index (χ2v) is 8.07. The molecule has 1 atom stereocenters. The van der Waals surface area contributed by atoms with Gasteiger partial charge >= 0.3 is 5.97 Å². The van der Waals surface area contributed by atoms with Gasteiger partial charge in [0.15, 0.2) is 0 Å². The smallest absolute Gasteiger partial charge is 0.328 e. The summed E-state index contributed by atoms with van der Waals surface area (Å²) in [6, 6.07) is 25.9. The molecule has 35 heavy (non-hydrogen) atoms. The first-order valence-corrected chi connectivity index (χ1v) is 11.4. The lowest BCUT2D eigenvalue weighted by Crippen LogP contribution is -2.43. The first-order chi connectivity index (χ1) is 17.0. The van der Waals surface area contributed by atoms with Crippen molar-refractivity contribution < 1.29 is 23.5 Å². The maximum absolute atomic E-state index is 13.8. The average Bonchev–Trinajstić information content (AvgIpc) is 2.88. The fraction of sp³-hybridized carbons (Fsp3) is 0.172. The zero-order valence-electron chi connectivity index (χ0n) is 19.4. The number of carbonyl (C=O) groups is 2. The standard InChI is InChI=1S/C29H26FNO4/c1-2-34-29(33)27(31-28(32)21-8-4-3-5-9-21)17-20-12-13-23-18-25(15-14-22(23)16-20)35-19-24-10-6-7-11-26(24)30/h3-16,18,27H,2,17,19H2,1H3,(H,31,32). The third-order valence-electron chi connectivity index (χ3n) is 5.58. The van der Waals surface area contributed by atoms with Crippen molar-refractivity contribution in [2.24, 2.45) is 0 Å². The zero-order valence-corrected chi connectivity index (χ0v) is 19.4. The molecule has 0 saturated carbocycles. The molecule has 0 aliphatic heterocycles. The lowest BCUT2D eigenvalue weighted by molar-refractivity contribution is -0.145. The number of amides is 1. The van der Waals surface area contributed by atoms with Crippen LogP contribution in [-0.2, 0) is 22.6 Å². The molecule has 0 heterocycles. The summed E-state index contributed by atoms with van der Waals surface area (Å²) < 4.78 is 24.8.